The van der Waals surface area contributed by atoms with Gasteiger partial charge in [-0.05, 0) is 19.3 Å². The molecule has 80 valence electrons. The first-order chi connectivity index (χ1) is 5.79. The number of hydrogen-bond donors (Lipinski definition) is 0. The van der Waals surface area contributed by atoms with E-state index in [1.807, 2.05) is 0 Å². The maximum atomic E-state index is 12.4. The van der Waals surface area contributed by atoms with Crippen molar-refractivity contribution in [3.8, 4) is 0 Å². The van der Waals surface area contributed by atoms with Gasteiger partial charge >= 0.3 is 6.30 Å². The molecule has 0 radical (unpaired) electrons. The van der Waals surface area contributed by atoms with Gasteiger partial charge in [-0.1, -0.05) is 20.8 Å². The van der Waals surface area contributed by atoms with Crippen LogP contribution in [0, 0.1) is 5.92 Å². The normalized spacial score (nSPS) is 15.5. The fourth-order valence-corrected chi connectivity index (χ4v) is 1.15. The molecule has 4 heteroatoms. The Morgan fingerprint density at radius 2 is 1.62 bits per heavy atom. The highest BCUT2D eigenvalue weighted by Crippen LogP contribution is 2.25. The topological polar surface area (TPSA) is 3.24 Å². The summed E-state index contributed by atoms with van der Waals surface area (Å²) in [5.41, 5.74) is 0. The summed E-state index contributed by atoms with van der Waals surface area (Å²) in [5, 5.41) is 0. The quantitative estimate of drug-likeness (QED) is 0.625. The second kappa shape index (κ2) is 4.84. The molecule has 0 unspecified atom stereocenters. The highest BCUT2D eigenvalue weighted by molar-refractivity contribution is 4.69. The van der Waals surface area contributed by atoms with Gasteiger partial charge in [0.05, 0.1) is 0 Å². The van der Waals surface area contributed by atoms with Crippen molar-refractivity contribution in [1.29, 1.82) is 0 Å². The summed E-state index contributed by atoms with van der Waals surface area (Å²) in [7, 11) is 0. The van der Waals surface area contributed by atoms with Crippen LogP contribution in [0.4, 0.5) is 13.2 Å². The minimum Gasteiger partial charge on any atom is -0.211 e. The first-order valence-electron chi connectivity index (χ1n) is 4.62. The molecule has 0 aliphatic rings. The van der Waals surface area contributed by atoms with Gasteiger partial charge in [-0.25, -0.2) is 4.90 Å². The van der Waals surface area contributed by atoms with Crippen LogP contribution in [-0.4, -0.2) is 23.8 Å². The summed E-state index contributed by atoms with van der Waals surface area (Å²) in [6, 6.07) is -0.428. The molecule has 0 rings (SSSR count). The third kappa shape index (κ3) is 4.50. The molecule has 1 atom stereocenters. The minimum absolute atomic E-state index is 0.0376. The zero-order valence-electron chi connectivity index (χ0n) is 8.65. The Balaban J connectivity index is 4.37. The predicted octanol–water partition coefficient (Wildman–Crippen LogP) is 3.26. The van der Waals surface area contributed by atoms with Crippen LogP contribution in [0.2, 0.25) is 0 Å². The van der Waals surface area contributed by atoms with Crippen LogP contribution in [0.3, 0.4) is 0 Å². The van der Waals surface area contributed by atoms with E-state index in [4.69, 9.17) is 0 Å². The number of rotatable bonds is 4. The molecular weight excluding hydrogens is 179 g/mol. The number of alkyl halides is 3. The van der Waals surface area contributed by atoms with Gasteiger partial charge in [0.2, 0.25) is 0 Å². The highest BCUT2D eigenvalue weighted by Gasteiger charge is 2.39. The van der Waals surface area contributed by atoms with Crippen molar-refractivity contribution in [2.75, 3.05) is 6.54 Å². The second-order valence-corrected chi connectivity index (χ2v) is 3.77. The molecule has 0 saturated heterocycles. The molecule has 0 aliphatic carbocycles. The van der Waals surface area contributed by atoms with Crippen molar-refractivity contribution in [1.82, 2.24) is 4.90 Å². The van der Waals surface area contributed by atoms with Crippen molar-refractivity contribution >= 4 is 0 Å². The van der Waals surface area contributed by atoms with Gasteiger partial charge < -0.3 is 0 Å². The second-order valence-electron chi connectivity index (χ2n) is 3.77. The number of nitrogens with zero attached hydrogens (tertiary/aromatic N) is 1. The van der Waals surface area contributed by atoms with Crippen LogP contribution in [-0.2, 0) is 0 Å². The van der Waals surface area contributed by atoms with Crippen LogP contribution in [0.1, 0.15) is 34.1 Å². The van der Waals surface area contributed by atoms with Gasteiger partial charge in [-0.2, -0.15) is 13.2 Å². The van der Waals surface area contributed by atoms with E-state index in [9.17, 15) is 13.2 Å². The van der Waals surface area contributed by atoms with E-state index in [-0.39, 0.29) is 12.5 Å². The summed E-state index contributed by atoms with van der Waals surface area (Å²) >= 11 is 0. The van der Waals surface area contributed by atoms with Crippen molar-refractivity contribution in [3.63, 3.8) is 0 Å². The van der Waals surface area contributed by atoms with Gasteiger partial charge in [-0.15, -0.1) is 0 Å². The lowest BCUT2D eigenvalue weighted by Crippen LogP contribution is -2.45. The predicted molar refractivity (Wildman–Crippen MR) is 47.4 cm³/mol. The van der Waals surface area contributed by atoms with E-state index in [0.717, 1.165) is 0 Å². The van der Waals surface area contributed by atoms with E-state index in [0.29, 0.717) is 11.3 Å². The lowest BCUT2D eigenvalue weighted by molar-refractivity contribution is -0.259. The lowest BCUT2D eigenvalue weighted by atomic mass is 10.1. The average Bonchev–Trinajstić information content (AvgIpc) is 1.96. The van der Waals surface area contributed by atoms with Gasteiger partial charge in [0.1, 0.15) is 0 Å². The molecule has 0 aromatic carbocycles. The number of halogens is 3. The van der Waals surface area contributed by atoms with Crippen molar-refractivity contribution in [2.24, 2.45) is 5.92 Å². The van der Waals surface area contributed by atoms with Crippen molar-refractivity contribution < 1.29 is 13.2 Å². The van der Waals surface area contributed by atoms with Gasteiger partial charge in [0, 0.05) is 12.6 Å². The molecule has 0 saturated carbocycles. The highest BCUT2D eigenvalue weighted by atomic mass is 19.4. The third-order valence-electron chi connectivity index (χ3n) is 2.01. The smallest absolute Gasteiger partial charge is 0.211 e. The van der Waals surface area contributed by atoms with Gasteiger partial charge in [-0.3, -0.25) is 0 Å². The zero-order chi connectivity index (χ0) is 10.6. The molecule has 0 N–H and O–H groups in total. The molecule has 13 heavy (non-hydrogen) atoms. The molecule has 0 aromatic rings. The maximum absolute atomic E-state index is 12.4. The lowest BCUT2D eigenvalue weighted by Gasteiger charge is -2.31. The molecule has 0 bridgehead atoms. The molecule has 0 spiro atoms. The minimum atomic E-state index is -4.19. The number of hydrogen-bond acceptors (Lipinski definition) is 1. The average molecular weight is 197 g/mol. The van der Waals surface area contributed by atoms with Gasteiger partial charge in [0.25, 0.3) is 0 Å². The van der Waals surface area contributed by atoms with Crippen LogP contribution in [0.25, 0.3) is 0 Å². The SMILES string of the molecule is CC[C@H](C)N(CC(C)C)C(F)(F)F. The van der Waals surface area contributed by atoms with E-state index >= 15 is 0 Å². The van der Waals surface area contributed by atoms with Crippen LogP contribution < -0.4 is 0 Å². The molecular formula is C9H18F3N. The molecule has 1 nitrogen and oxygen atoms in total. The van der Waals surface area contributed by atoms with E-state index < -0.39 is 12.3 Å². The Kier molecular flexibility index (Phi) is 4.75. The summed E-state index contributed by atoms with van der Waals surface area (Å²) in [5.74, 6) is 0.0376. The first kappa shape index (κ1) is 12.8. The molecule has 0 fully saturated rings. The third-order valence-corrected chi connectivity index (χ3v) is 2.01. The van der Waals surface area contributed by atoms with E-state index in [2.05, 4.69) is 0 Å². The van der Waals surface area contributed by atoms with Gasteiger partial charge in [0.15, 0.2) is 0 Å². The first-order valence-corrected chi connectivity index (χ1v) is 4.62. The molecule has 0 heterocycles. The Bertz CT molecular complexity index is 142. The van der Waals surface area contributed by atoms with Crippen molar-refractivity contribution in [2.45, 2.75) is 46.5 Å². The summed E-state index contributed by atoms with van der Waals surface area (Å²) in [6.07, 6.45) is -3.67. The van der Waals surface area contributed by atoms with Crippen LogP contribution in [0.5, 0.6) is 0 Å². The summed E-state index contributed by atoms with van der Waals surface area (Å²) in [4.78, 5) is 0.609. The maximum Gasteiger partial charge on any atom is 0.460 e. The monoisotopic (exact) mass is 197 g/mol. The van der Waals surface area contributed by atoms with E-state index in [1.54, 1.807) is 27.7 Å². The largest absolute Gasteiger partial charge is 0.460 e. The van der Waals surface area contributed by atoms with E-state index in [1.165, 1.54) is 0 Å². The Labute approximate surface area is 77.9 Å². The Hall–Kier alpha value is -0.250. The molecule has 0 aliphatic heterocycles. The summed E-state index contributed by atoms with van der Waals surface area (Å²) < 4.78 is 37.3. The Morgan fingerprint density at radius 1 is 1.15 bits per heavy atom. The van der Waals surface area contributed by atoms with Crippen LogP contribution in [0.15, 0.2) is 0 Å². The molecule has 0 aromatic heterocycles. The zero-order valence-corrected chi connectivity index (χ0v) is 8.65. The Morgan fingerprint density at radius 3 is 1.85 bits per heavy atom. The fourth-order valence-electron chi connectivity index (χ4n) is 1.15. The fraction of sp³-hybridized carbons (Fsp3) is 1.00. The standard InChI is InChI=1S/C9H18F3N/c1-5-8(4)13(6-7(2)3)9(10,11)12/h7-8H,5-6H2,1-4H3/t8-/m0/s1. The molecule has 0 amide bonds. The summed E-state index contributed by atoms with van der Waals surface area (Å²) in [6.45, 7) is 7.04. The van der Waals surface area contributed by atoms with Crippen molar-refractivity contribution in [3.05, 3.63) is 0 Å². The van der Waals surface area contributed by atoms with Crippen LogP contribution >= 0.6 is 0 Å².